The number of aryl methyl sites for hydroxylation is 1. The van der Waals surface area contributed by atoms with E-state index >= 15 is 0 Å². The molecule has 24 heavy (non-hydrogen) atoms. The van der Waals surface area contributed by atoms with Gasteiger partial charge in [0.1, 0.15) is 24.1 Å². The monoisotopic (exact) mass is 337 g/mol. The Morgan fingerprint density at radius 2 is 2.29 bits per heavy atom. The number of hydrogen-bond donors (Lipinski definition) is 1. The van der Waals surface area contributed by atoms with E-state index in [1.807, 2.05) is 0 Å². The summed E-state index contributed by atoms with van der Waals surface area (Å²) in [6, 6.07) is 2.77. The summed E-state index contributed by atoms with van der Waals surface area (Å²) in [5.74, 6) is -0.478. The maximum Gasteiger partial charge on any atom is 0.317 e. The maximum atomic E-state index is 13.6. The van der Waals surface area contributed by atoms with E-state index in [1.165, 1.54) is 0 Å². The Morgan fingerprint density at radius 3 is 3.04 bits per heavy atom. The molecule has 2 heterocycles. The van der Waals surface area contributed by atoms with Crippen LogP contribution in [-0.4, -0.2) is 45.4 Å². The Balaban J connectivity index is 1.60. The molecule has 1 atom stereocenters. The molecule has 9 heteroatoms. The van der Waals surface area contributed by atoms with Gasteiger partial charge >= 0.3 is 6.03 Å². The largest absolute Gasteiger partial charge is 0.366 e. The number of ether oxygens (including phenoxy) is 1. The first kappa shape index (κ1) is 16.3. The number of urea groups is 1. The Kier molecular flexibility index (Phi) is 4.70. The van der Waals surface area contributed by atoms with Crippen LogP contribution in [-0.2, 0) is 18.3 Å². The van der Waals surface area contributed by atoms with Gasteiger partial charge in [-0.25, -0.2) is 13.6 Å². The Bertz CT molecular complexity index is 736. The van der Waals surface area contributed by atoms with Gasteiger partial charge in [-0.3, -0.25) is 0 Å². The summed E-state index contributed by atoms with van der Waals surface area (Å²) >= 11 is 0. The summed E-state index contributed by atoms with van der Waals surface area (Å²) in [7, 11) is 1.80. The number of amides is 2. The number of hydrogen-bond acceptors (Lipinski definition) is 4. The van der Waals surface area contributed by atoms with Crippen molar-refractivity contribution in [1.82, 2.24) is 25.0 Å². The highest BCUT2D eigenvalue weighted by Gasteiger charge is 2.28. The smallest absolute Gasteiger partial charge is 0.317 e. The summed E-state index contributed by atoms with van der Waals surface area (Å²) in [5, 5.41) is 10.4. The summed E-state index contributed by atoms with van der Waals surface area (Å²) in [5.41, 5.74) is 0.0986. The van der Waals surface area contributed by atoms with E-state index in [0.717, 1.165) is 18.2 Å². The van der Waals surface area contributed by atoms with Crippen LogP contribution in [0.15, 0.2) is 24.5 Å². The average Bonchev–Trinajstić information content (AvgIpc) is 3.01. The van der Waals surface area contributed by atoms with Crippen LogP contribution in [0, 0.1) is 11.6 Å². The lowest BCUT2D eigenvalue weighted by Gasteiger charge is -2.32. The van der Waals surface area contributed by atoms with Crippen molar-refractivity contribution in [3.8, 4) is 0 Å². The molecule has 0 saturated carbocycles. The molecular weight excluding hydrogens is 320 g/mol. The van der Waals surface area contributed by atoms with Crippen LogP contribution in [0.2, 0.25) is 0 Å². The van der Waals surface area contributed by atoms with E-state index in [4.69, 9.17) is 4.74 Å². The molecule has 1 fully saturated rings. The van der Waals surface area contributed by atoms with Crippen LogP contribution in [0.5, 0.6) is 0 Å². The third-order valence-electron chi connectivity index (χ3n) is 3.83. The standard InChI is InChI=1S/C15H17F2N5O2/c1-21-9-19-20-14(21)13-8-22(4-5-24-13)15(23)18-7-10-6-11(16)2-3-12(10)17/h2-3,6,9,13H,4-5,7-8H2,1H3,(H,18,23)/t13-/m0/s1. The number of carbonyl (C=O) groups is 1. The molecule has 0 spiro atoms. The molecule has 1 aromatic heterocycles. The normalized spacial score (nSPS) is 17.8. The van der Waals surface area contributed by atoms with Gasteiger partial charge in [0.25, 0.3) is 0 Å². The second kappa shape index (κ2) is 6.91. The van der Waals surface area contributed by atoms with E-state index in [-0.39, 0.29) is 24.2 Å². The zero-order chi connectivity index (χ0) is 17.1. The van der Waals surface area contributed by atoms with Crippen molar-refractivity contribution in [3.63, 3.8) is 0 Å². The van der Waals surface area contributed by atoms with Gasteiger partial charge in [0.15, 0.2) is 5.82 Å². The van der Waals surface area contributed by atoms with E-state index in [0.29, 0.717) is 25.5 Å². The molecule has 1 saturated heterocycles. The van der Waals surface area contributed by atoms with Crippen molar-refractivity contribution in [2.24, 2.45) is 7.05 Å². The summed E-state index contributed by atoms with van der Waals surface area (Å²) in [4.78, 5) is 13.8. The zero-order valence-electron chi connectivity index (χ0n) is 13.1. The summed E-state index contributed by atoms with van der Waals surface area (Å²) in [6.45, 7) is 0.990. The summed E-state index contributed by atoms with van der Waals surface area (Å²) < 4.78 is 34.1. The molecule has 0 radical (unpaired) electrons. The van der Waals surface area contributed by atoms with Crippen LogP contribution in [0.3, 0.4) is 0 Å². The lowest BCUT2D eigenvalue weighted by Crippen LogP contribution is -2.47. The predicted octanol–water partition coefficient (Wildman–Crippen LogP) is 1.38. The molecule has 1 N–H and O–H groups in total. The van der Waals surface area contributed by atoms with Crippen LogP contribution < -0.4 is 5.32 Å². The maximum absolute atomic E-state index is 13.6. The molecule has 2 aromatic rings. The molecule has 0 unspecified atom stereocenters. The Morgan fingerprint density at radius 1 is 1.46 bits per heavy atom. The highest BCUT2D eigenvalue weighted by atomic mass is 19.1. The molecule has 7 nitrogen and oxygen atoms in total. The Labute approximate surface area is 137 Å². The molecular formula is C15H17F2N5O2. The van der Waals surface area contributed by atoms with E-state index in [2.05, 4.69) is 15.5 Å². The number of aromatic nitrogens is 3. The third kappa shape index (κ3) is 3.51. The highest BCUT2D eigenvalue weighted by molar-refractivity contribution is 5.74. The fourth-order valence-corrected chi connectivity index (χ4v) is 2.54. The first-order chi connectivity index (χ1) is 11.5. The average molecular weight is 337 g/mol. The zero-order valence-corrected chi connectivity index (χ0v) is 13.1. The van der Waals surface area contributed by atoms with E-state index in [1.54, 1.807) is 22.8 Å². The van der Waals surface area contributed by atoms with Crippen LogP contribution in [0.25, 0.3) is 0 Å². The first-order valence-corrected chi connectivity index (χ1v) is 7.47. The van der Waals surface area contributed by atoms with Gasteiger partial charge in [-0.2, -0.15) is 0 Å². The van der Waals surface area contributed by atoms with Gasteiger partial charge in [0.2, 0.25) is 0 Å². The Hall–Kier alpha value is -2.55. The van der Waals surface area contributed by atoms with Gasteiger partial charge in [-0.15, -0.1) is 10.2 Å². The number of rotatable bonds is 3. The van der Waals surface area contributed by atoms with Crippen molar-refractivity contribution in [1.29, 1.82) is 0 Å². The molecule has 0 aliphatic carbocycles. The molecule has 0 bridgehead atoms. The van der Waals surface area contributed by atoms with Crippen molar-refractivity contribution in [2.45, 2.75) is 12.6 Å². The number of nitrogens with zero attached hydrogens (tertiary/aromatic N) is 4. The molecule has 1 aliphatic rings. The van der Waals surface area contributed by atoms with Gasteiger partial charge in [-0.05, 0) is 18.2 Å². The number of benzene rings is 1. The van der Waals surface area contributed by atoms with Gasteiger partial charge in [0.05, 0.1) is 13.2 Å². The minimum atomic E-state index is -0.560. The highest BCUT2D eigenvalue weighted by Crippen LogP contribution is 2.20. The molecule has 128 valence electrons. The second-order valence-electron chi connectivity index (χ2n) is 5.50. The lowest BCUT2D eigenvalue weighted by molar-refractivity contribution is -0.0214. The quantitative estimate of drug-likeness (QED) is 0.918. The van der Waals surface area contributed by atoms with Crippen LogP contribution >= 0.6 is 0 Å². The molecule has 2 amide bonds. The molecule has 1 aromatic carbocycles. The van der Waals surface area contributed by atoms with Gasteiger partial charge in [-0.1, -0.05) is 0 Å². The number of nitrogens with one attached hydrogen (secondary N) is 1. The van der Waals surface area contributed by atoms with Crippen LogP contribution in [0.1, 0.15) is 17.5 Å². The van der Waals surface area contributed by atoms with Crippen LogP contribution in [0.4, 0.5) is 13.6 Å². The fraction of sp³-hybridized carbons (Fsp3) is 0.400. The third-order valence-corrected chi connectivity index (χ3v) is 3.83. The summed E-state index contributed by atoms with van der Waals surface area (Å²) in [6.07, 6.45) is 1.19. The first-order valence-electron chi connectivity index (χ1n) is 7.47. The molecule has 3 rings (SSSR count). The van der Waals surface area contributed by atoms with Gasteiger partial charge in [0, 0.05) is 25.7 Å². The van der Waals surface area contributed by atoms with Gasteiger partial charge < -0.3 is 19.5 Å². The van der Waals surface area contributed by atoms with E-state index in [9.17, 15) is 13.6 Å². The fourth-order valence-electron chi connectivity index (χ4n) is 2.54. The SMILES string of the molecule is Cn1cnnc1[C@@H]1CN(C(=O)NCc2cc(F)ccc2F)CCO1. The number of carbonyl (C=O) groups excluding carboxylic acids is 1. The predicted molar refractivity (Wildman–Crippen MR) is 79.9 cm³/mol. The minimum absolute atomic E-state index is 0.0889. The van der Waals surface area contributed by atoms with Crippen molar-refractivity contribution < 1.29 is 18.3 Å². The topological polar surface area (TPSA) is 72.3 Å². The second-order valence-corrected chi connectivity index (χ2v) is 5.50. The van der Waals surface area contributed by atoms with Crippen molar-refractivity contribution >= 4 is 6.03 Å². The van der Waals surface area contributed by atoms with E-state index < -0.39 is 11.6 Å². The van der Waals surface area contributed by atoms with Crippen molar-refractivity contribution in [2.75, 3.05) is 19.7 Å². The number of morpholine rings is 1. The lowest BCUT2D eigenvalue weighted by atomic mass is 10.2. The number of halogens is 2. The van der Waals surface area contributed by atoms with Crippen molar-refractivity contribution in [3.05, 3.63) is 47.5 Å². The minimum Gasteiger partial charge on any atom is -0.366 e. The molecule has 1 aliphatic heterocycles.